The van der Waals surface area contributed by atoms with Gasteiger partial charge < -0.3 is 4.74 Å². The molecular weight excluding hydrogens is 324 g/mol. The van der Waals surface area contributed by atoms with E-state index in [0.717, 1.165) is 17.5 Å². The van der Waals surface area contributed by atoms with Gasteiger partial charge in [-0.05, 0) is 42.0 Å². The summed E-state index contributed by atoms with van der Waals surface area (Å²) >= 11 is 0. The topological polar surface area (TPSA) is 68.3 Å². The Morgan fingerprint density at radius 2 is 2.08 bits per heavy atom. The van der Waals surface area contributed by atoms with Crippen LogP contribution in [0.4, 0.5) is 0 Å². The molecule has 1 heterocycles. The van der Waals surface area contributed by atoms with Crippen molar-refractivity contribution in [1.29, 1.82) is 0 Å². The molecule has 0 saturated heterocycles. The van der Waals surface area contributed by atoms with Crippen molar-refractivity contribution >= 4 is 10.0 Å². The summed E-state index contributed by atoms with van der Waals surface area (Å²) in [6.07, 6.45) is 4.97. The molecule has 128 valence electrons. The van der Waals surface area contributed by atoms with Crippen LogP contribution >= 0.6 is 0 Å². The average Bonchev–Trinajstić information content (AvgIpc) is 2.61. The van der Waals surface area contributed by atoms with E-state index in [9.17, 15) is 8.42 Å². The molecule has 0 radical (unpaired) electrons. The lowest BCUT2D eigenvalue weighted by Crippen LogP contribution is -2.42. The highest BCUT2D eigenvalue weighted by atomic mass is 32.2. The highest BCUT2D eigenvalue weighted by Gasteiger charge is 2.38. The van der Waals surface area contributed by atoms with Crippen LogP contribution in [-0.4, -0.2) is 32.3 Å². The van der Waals surface area contributed by atoms with Crippen LogP contribution in [0.5, 0.6) is 0 Å². The largest absolute Gasteiger partial charge is 0.375 e. The number of benzene rings is 1. The SMILES string of the molecule is COC1c2ccccc2CCC1S(=O)(=O)NCCc1cccnc1. The first-order valence-corrected chi connectivity index (χ1v) is 9.64. The number of sulfonamides is 1. The smallest absolute Gasteiger partial charge is 0.217 e. The van der Waals surface area contributed by atoms with Crippen LogP contribution in [0.25, 0.3) is 0 Å². The Bertz CT molecular complexity index is 778. The van der Waals surface area contributed by atoms with Crippen molar-refractivity contribution in [3.8, 4) is 0 Å². The number of rotatable bonds is 6. The molecule has 2 atom stereocenters. The molecule has 2 unspecified atom stereocenters. The van der Waals surface area contributed by atoms with Crippen LogP contribution in [-0.2, 0) is 27.6 Å². The van der Waals surface area contributed by atoms with Crippen molar-refractivity contribution in [2.24, 2.45) is 0 Å². The van der Waals surface area contributed by atoms with Gasteiger partial charge in [-0.1, -0.05) is 30.3 Å². The molecule has 0 fully saturated rings. The lowest BCUT2D eigenvalue weighted by molar-refractivity contribution is 0.0904. The zero-order chi connectivity index (χ0) is 17.0. The molecule has 1 aliphatic rings. The standard InChI is InChI=1S/C18H22N2O3S/c1-23-18-16-7-3-2-6-15(16)8-9-17(18)24(21,22)20-12-10-14-5-4-11-19-13-14/h2-7,11,13,17-18,20H,8-10,12H2,1H3. The second-order valence-electron chi connectivity index (χ2n) is 5.98. The van der Waals surface area contributed by atoms with Gasteiger partial charge in [0.1, 0.15) is 11.4 Å². The first-order valence-electron chi connectivity index (χ1n) is 8.10. The lowest BCUT2D eigenvalue weighted by atomic mass is 9.89. The Balaban J connectivity index is 1.70. The van der Waals surface area contributed by atoms with Gasteiger partial charge >= 0.3 is 0 Å². The van der Waals surface area contributed by atoms with Crippen molar-refractivity contribution in [2.75, 3.05) is 13.7 Å². The molecule has 0 amide bonds. The number of ether oxygens (including phenoxy) is 1. The molecule has 24 heavy (non-hydrogen) atoms. The zero-order valence-electron chi connectivity index (χ0n) is 13.7. The van der Waals surface area contributed by atoms with Crippen molar-refractivity contribution in [3.05, 3.63) is 65.5 Å². The molecule has 0 aliphatic heterocycles. The van der Waals surface area contributed by atoms with Gasteiger partial charge in [0.25, 0.3) is 0 Å². The molecule has 1 N–H and O–H groups in total. The fourth-order valence-corrected chi connectivity index (χ4v) is 4.89. The van der Waals surface area contributed by atoms with Gasteiger partial charge in [-0.2, -0.15) is 0 Å². The third-order valence-electron chi connectivity index (χ3n) is 4.49. The fraction of sp³-hybridized carbons (Fsp3) is 0.389. The molecule has 0 bridgehead atoms. The average molecular weight is 346 g/mol. The molecule has 1 aliphatic carbocycles. The number of nitrogens with one attached hydrogen (secondary N) is 1. The number of fused-ring (bicyclic) bond motifs is 1. The van der Waals surface area contributed by atoms with Crippen LogP contribution in [0.1, 0.15) is 29.2 Å². The third kappa shape index (κ3) is 3.66. The highest BCUT2D eigenvalue weighted by molar-refractivity contribution is 7.90. The number of pyridine rings is 1. The summed E-state index contributed by atoms with van der Waals surface area (Å²) in [5.74, 6) is 0. The van der Waals surface area contributed by atoms with Gasteiger partial charge in [-0.3, -0.25) is 4.98 Å². The first-order chi connectivity index (χ1) is 11.6. The van der Waals surface area contributed by atoms with Crippen molar-refractivity contribution < 1.29 is 13.2 Å². The number of aryl methyl sites for hydroxylation is 1. The second kappa shape index (κ2) is 7.42. The van der Waals surface area contributed by atoms with Crippen molar-refractivity contribution in [3.63, 3.8) is 0 Å². The van der Waals surface area contributed by atoms with Gasteiger partial charge in [-0.15, -0.1) is 0 Å². The molecule has 6 heteroatoms. The summed E-state index contributed by atoms with van der Waals surface area (Å²) in [6, 6.07) is 11.7. The van der Waals surface area contributed by atoms with Crippen LogP contribution < -0.4 is 4.72 Å². The van der Waals surface area contributed by atoms with Gasteiger partial charge in [0, 0.05) is 26.0 Å². The van der Waals surface area contributed by atoms with E-state index in [0.29, 0.717) is 19.4 Å². The zero-order valence-corrected chi connectivity index (χ0v) is 14.5. The van der Waals surface area contributed by atoms with Crippen molar-refractivity contribution in [2.45, 2.75) is 30.6 Å². The first kappa shape index (κ1) is 17.1. The van der Waals surface area contributed by atoms with E-state index in [4.69, 9.17) is 4.74 Å². The number of hydrogen-bond acceptors (Lipinski definition) is 4. The normalized spacial score (nSPS) is 20.5. The summed E-state index contributed by atoms with van der Waals surface area (Å²) in [4.78, 5) is 4.04. The minimum Gasteiger partial charge on any atom is -0.375 e. The lowest BCUT2D eigenvalue weighted by Gasteiger charge is -2.32. The molecule has 1 aromatic heterocycles. The number of aromatic nitrogens is 1. The van der Waals surface area contributed by atoms with E-state index in [2.05, 4.69) is 9.71 Å². The van der Waals surface area contributed by atoms with E-state index in [-0.39, 0.29) is 0 Å². The van der Waals surface area contributed by atoms with E-state index in [1.807, 2.05) is 36.4 Å². The minimum atomic E-state index is -3.45. The van der Waals surface area contributed by atoms with Gasteiger partial charge in [0.2, 0.25) is 10.0 Å². The molecule has 2 aromatic rings. The van der Waals surface area contributed by atoms with Gasteiger partial charge in [0.15, 0.2) is 0 Å². The number of methoxy groups -OCH3 is 1. The van der Waals surface area contributed by atoms with Gasteiger partial charge in [-0.25, -0.2) is 13.1 Å². The van der Waals surface area contributed by atoms with Crippen molar-refractivity contribution in [1.82, 2.24) is 9.71 Å². The summed E-state index contributed by atoms with van der Waals surface area (Å²) < 4.78 is 33.8. The molecule has 0 spiro atoms. The maximum absolute atomic E-state index is 12.7. The minimum absolute atomic E-state index is 0.364. The summed E-state index contributed by atoms with van der Waals surface area (Å²) in [7, 11) is -1.88. The predicted octanol–water partition coefficient (Wildman–Crippen LogP) is 2.25. The highest BCUT2D eigenvalue weighted by Crippen LogP contribution is 2.35. The van der Waals surface area contributed by atoms with Crippen LogP contribution in [0.3, 0.4) is 0 Å². The van der Waals surface area contributed by atoms with Crippen LogP contribution in [0, 0.1) is 0 Å². The second-order valence-corrected chi connectivity index (χ2v) is 7.97. The summed E-state index contributed by atoms with van der Waals surface area (Å²) in [5.41, 5.74) is 3.16. The Hall–Kier alpha value is -1.76. The van der Waals surface area contributed by atoms with Crippen LogP contribution in [0.2, 0.25) is 0 Å². The monoisotopic (exact) mass is 346 g/mol. The van der Waals surface area contributed by atoms with Crippen LogP contribution in [0.15, 0.2) is 48.8 Å². The van der Waals surface area contributed by atoms with Gasteiger partial charge in [0.05, 0.1) is 0 Å². The number of hydrogen-bond donors (Lipinski definition) is 1. The molecule has 3 rings (SSSR count). The molecule has 1 aromatic carbocycles. The Morgan fingerprint density at radius 3 is 2.83 bits per heavy atom. The third-order valence-corrected chi connectivity index (χ3v) is 6.38. The van der Waals surface area contributed by atoms with E-state index < -0.39 is 21.4 Å². The molecule has 5 nitrogen and oxygen atoms in total. The Labute approximate surface area is 143 Å². The number of nitrogens with zero attached hydrogens (tertiary/aromatic N) is 1. The van der Waals surface area contributed by atoms with E-state index in [1.165, 1.54) is 5.56 Å². The maximum Gasteiger partial charge on any atom is 0.217 e. The van der Waals surface area contributed by atoms with E-state index >= 15 is 0 Å². The summed E-state index contributed by atoms with van der Waals surface area (Å²) in [6.45, 7) is 0.364. The predicted molar refractivity (Wildman–Crippen MR) is 93.2 cm³/mol. The fourth-order valence-electron chi connectivity index (χ4n) is 3.28. The Morgan fingerprint density at radius 1 is 1.25 bits per heavy atom. The molecular formula is C18H22N2O3S. The maximum atomic E-state index is 12.7. The molecule has 0 saturated carbocycles. The Kier molecular flexibility index (Phi) is 5.28. The quantitative estimate of drug-likeness (QED) is 0.871. The summed E-state index contributed by atoms with van der Waals surface area (Å²) in [5, 5.41) is -0.564. The van der Waals surface area contributed by atoms with E-state index in [1.54, 1.807) is 19.5 Å².